The van der Waals surface area contributed by atoms with E-state index < -0.39 is 0 Å². The maximum absolute atomic E-state index is 2.44. The van der Waals surface area contributed by atoms with Crippen LogP contribution in [0.4, 0.5) is 0 Å². The van der Waals surface area contributed by atoms with Gasteiger partial charge in [-0.1, -0.05) is 37.3 Å². The van der Waals surface area contributed by atoms with E-state index in [2.05, 4.69) is 80.9 Å². The first-order valence-electron chi connectivity index (χ1n) is 9.02. The smallest absolute Gasteiger partial charge is 0.198 e. The minimum Gasteiger partial charge on any atom is -0.198 e. The van der Waals surface area contributed by atoms with E-state index in [1.165, 1.54) is 48.1 Å². The number of fused-ring (bicyclic) bond motifs is 3. The Labute approximate surface area is 153 Å². The summed E-state index contributed by atoms with van der Waals surface area (Å²) in [5, 5.41) is 2.75. The molecule has 2 aromatic heterocycles. The van der Waals surface area contributed by atoms with Crippen molar-refractivity contribution in [3.63, 3.8) is 0 Å². The molecule has 0 radical (unpaired) electrons. The molecular weight excluding hydrogens is 322 g/mol. The molecule has 126 valence electrons. The third-order valence-corrected chi connectivity index (χ3v) is 6.31. The maximum Gasteiger partial charge on any atom is 0.214 e. The van der Waals surface area contributed by atoms with E-state index >= 15 is 0 Å². The molecule has 0 aliphatic rings. The van der Waals surface area contributed by atoms with Gasteiger partial charge < -0.3 is 0 Å². The monoisotopic (exact) mass is 346 g/mol. The van der Waals surface area contributed by atoms with Crippen LogP contribution in [0.25, 0.3) is 31.4 Å². The molecule has 0 amide bonds. The van der Waals surface area contributed by atoms with Crippen LogP contribution in [0.2, 0.25) is 0 Å². The standard InChI is InChI=1S/C23H24NS/c1-5-12-24-14-17(4)16(3)13-20(24)22-15(2)10-11-19-18-8-6-7-9-21(18)25-23(19)22/h6-11,13-14H,5,12H2,1-4H3/q+1. The number of benzene rings is 2. The van der Waals surface area contributed by atoms with Gasteiger partial charge in [0, 0.05) is 38.2 Å². The van der Waals surface area contributed by atoms with Gasteiger partial charge in [0.25, 0.3) is 0 Å². The summed E-state index contributed by atoms with van der Waals surface area (Å²) < 4.78 is 5.22. The normalized spacial score (nSPS) is 11.5. The van der Waals surface area contributed by atoms with Gasteiger partial charge in [-0.15, -0.1) is 11.3 Å². The third-order valence-electron chi connectivity index (χ3n) is 5.11. The Morgan fingerprint density at radius 2 is 1.68 bits per heavy atom. The molecule has 0 aliphatic heterocycles. The molecule has 0 unspecified atom stereocenters. The summed E-state index contributed by atoms with van der Waals surface area (Å²) in [6.07, 6.45) is 3.46. The van der Waals surface area contributed by atoms with E-state index in [9.17, 15) is 0 Å². The van der Waals surface area contributed by atoms with E-state index in [0.29, 0.717) is 0 Å². The van der Waals surface area contributed by atoms with Gasteiger partial charge >= 0.3 is 0 Å². The fourth-order valence-electron chi connectivity index (χ4n) is 3.65. The van der Waals surface area contributed by atoms with Crippen molar-refractivity contribution in [3.8, 4) is 11.3 Å². The van der Waals surface area contributed by atoms with Gasteiger partial charge in [-0.3, -0.25) is 0 Å². The molecule has 4 aromatic rings. The van der Waals surface area contributed by atoms with Crippen LogP contribution in [0.15, 0.2) is 48.7 Å². The van der Waals surface area contributed by atoms with E-state index in [4.69, 9.17) is 0 Å². The second kappa shape index (κ2) is 6.27. The van der Waals surface area contributed by atoms with E-state index in [1.54, 1.807) is 0 Å². The van der Waals surface area contributed by atoms with Gasteiger partial charge in [0.2, 0.25) is 5.69 Å². The molecule has 0 fully saturated rings. The molecule has 2 aromatic carbocycles. The van der Waals surface area contributed by atoms with E-state index in [1.807, 2.05) is 11.3 Å². The maximum atomic E-state index is 2.44. The van der Waals surface area contributed by atoms with Crippen LogP contribution in [0.5, 0.6) is 0 Å². The number of nitrogens with zero attached hydrogens (tertiary/aromatic N) is 1. The topological polar surface area (TPSA) is 3.88 Å². The Balaban J connectivity index is 2.10. The predicted molar refractivity (Wildman–Crippen MR) is 109 cm³/mol. The number of aromatic nitrogens is 1. The lowest BCUT2D eigenvalue weighted by Crippen LogP contribution is -2.36. The molecule has 2 heterocycles. The van der Waals surface area contributed by atoms with Crippen molar-refractivity contribution < 1.29 is 4.57 Å². The summed E-state index contributed by atoms with van der Waals surface area (Å²) in [5.41, 5.74) is 6.82. The highest BCUT2D eigenvalue weighted by atomic mass is 32.1. The van der Waals surface area contributed by atoms with Gasteiger partial charge in [-0.25, -0.2) is 0 Å². The zero-order valence-corrected chi connectivity index (χ0v) is 16.2. The van der Waals surface area contributed by atoms with Gasteiger partial charge in [0.15, 0.2) is 6.20 Å². The molecular formula is C23H24NS+. The summed E-state index contributed by atoms with van der Waals surface area (Å²) in [4.78, 5) is 0. The molecule has 0 saturated carbocycles. The average Bonchev–Trinajstić information content (AvgIpc) is 2.97. The highest BCUT2D eigenvalue weighted by Gasteiger charge is 2.21. The van der Waals surface area contributed by atoms with Gasteiger partial charge in [0.1, 0.15) is 6.54 Å². The van der Waals surface area contributed by atoms with Crippen molar-refractivity contribution in [2.45, 2.75) is 40.7 Å². The van der Waals surface area contributed by atoms with Crippen molar-refractivity contribution in [1.29, 1.82) is 0 Å². The minimum absolute atomic E-state index is 1.05. The van der Waals surface area contributed by atoms with E-state index in [-0.39, 0.29) is 0 Å². The Morgan fingerprint density at radius 1 is 0.880 bits per heavy atom. The molecule has 0 atom stereocenters. The molecule has 25 heavy (non-hydrogen) atoms. The first-order chi connectivity index (χ1) is 12.1. The van der Waals surface area contributed by atoms with Crippen LogP contribution in [-0.2, 0) is 6.54 Å². The molecule has 0 spiro atoms. The SMILES string of the molecule is CCC[n+]1cc(C)c(C)cc1-c1c(C)ccc2c1sc1ccccc12. The summed E-state index contributed by atoms with van der Waals surface area (Å²) in [6.45, 7) is 9.97. The number of thiophene rings is 1. The zero-order chi connectivity index (χ0) is 17.6. The molecule has 0 aliphatic carbocycles. The molecule has 0 N–H and O–H groups in total. The fraction of sp³-hybridized carbons (Fsp3) is 0.261. The summed E-state index contributed by atoms with van der Waals surface area (Å²) >= 11 is 1.92. The quantitative estimate of drug-likeness (QED) is 0.381. The largest absolute Gasteiger partial charge is 0.214 e. The number of aryl methyl sites for hydroxylation is 4. The van der Waals surface area contributed by atoms with Crippen molar-refractivity contribution in [1.82, 2.24) is 0 Å². The molecule has 1 nitrogen and oxygen atoms in total. The molecule has 2 heteroatoms. The molecule has 0 bridgehead atoms. The second-order valence-corrected chi connectivity index (χ2v) is 8.00. The van der Waals surface area contributed by atoms with Crippen LogP contribution >= 0.6 is 11.3 Å². The Morgan fingerprint density at radius 3 is 2.48 bits per heavy atom. The first-order valence-corrected chi connectivity index (χ1v) is 9.83. The van der Waals surface area contributed by atoms with Crippen molar-refractivity contribution in [3.05, 3.63) is 65.4 Å². The highest BCUT2D eigenvalue weighted by molar-refractivity contribution is 7.26. The Kier molecular flexibility index (Phi) is 4.09. The van der Waals surface area contributed by atoms with Crippen LogP contribution < -0.4 is 4.57 Å². The number of pyridine rings is 1. The first kappa shape index (κ1) is 16.3. The van der Waals surface area contributed by atoms with Gasteiger partial charge in [-0.05, 0) is 38.0 Å². The summed E-state index contributed by atoms with van der Waals surface area (Å²) in [6, 6.07) is 15.7. The summed E-state index contributed by atoms with van der Waals surface area (Å²) in [5.74, 6) is 0. The highest BCUT2D eigenvalue weighted by Crippen LogP contribution is 2.40. The second-order valence-electron chi connectivity index (χ2n) is 6.95. The van der Waals surface area contributed by atoms with Crippen LogP contribution in [0.3, 0.4) is 0 Å². The van der Waals surface area contributed by atoms with E-state index in [0.717, 1.165) is 13.0 Å². The van der Waals surface area contributed by atoms with Gasteiger partial charge in [-0.2, -0.15) is 4.57 Å². The number of rotatable bonds is 3. The Hall–Kier alpha value is -2.19. The van der Waals surface area contributed by atoms with Crippen LogP contribution in [0, 0.1) is 20.8 Å². The lowest BCUT2D eigenvalue weighted by Gasteiger charge is -2.10. The average molecular weight is 347 g/mol. The molecule has 0 saturated heterocycles. The van der Waals surface area contributed by atoms with Crippen molar-refractivity contribution in [2.24, 2.45) is 0 Å². The molecule has 4 rings (SSSR count). The lowest BCUT2D eigenvalue weighted by atomic mass is 9.99. The van der Waals surface area contributed by atoms with Gasteiger partial charge in [0.05, 0.1) is 5.56 Å². The fourth-order valence-corrected chi connectivity index (χ4v) is 4.96. The Bertz CT molecular complexity index is 1090. The van der Waals surface area contributed by atoms with Crippen molar-refractivity contribution in [2.75, 3.05) is 0 Å². The lowest BCUT2D eigenvalue weighted by molar-refractivity contribution is -0.686. The summed E-state index contributed by atoms with van der Waals surface area (Å²) in [7, 11) is 0. The number of hydrogen-bond donors (Lipinski definition) is 0. The van der Waals surface area contributed by atoms with Crippen molar-refractivity contribution >= 4 is 31.5 Å². The van der Waals surface area contributed by atoms with Crippen LogP contribution in [0.1, 0.15) is 30.0 Å². The number of hydrogen-bond acceptors (Lipinski definition) is 1. The zero-order valence-electron chi connectivity index (χ0n) is 15.4. The minimum atomic E-state index is 1.05. The third kappa shape index (κ3) is 2.65. The van der Waals surface area contributed by atoms with Crippen LogP contribution in [-0.4, -0.2) is 0 Å². The predicted octanol–water partition coefficient (Wildman–Crippen LogP) is 6.34.